The fourth-order valence-corrected chi connectivity index (χ4v) is 5.07. The van der Waals surface area contributed by atoms with Crippen LogP contribution in [0.5, 0.6) is 5.75 Å². The zero-order valence-corrected chi connectivity index (χ0v) is 18.2. The summed E-state index contributed by atoms with van der Waals surface area (Å²) in [5, 5.41) is 11.3. The molecule has 0 aliphatic carbocycles. The molecule has 3 rings (SSSR count). The van der Waals surface area contributed by atoms with E-state index in [0.29, 0.717) is 25.9 Å². The van der Waals surface area contributed by atoms with E-state index in [4.69, 9.17) is 10.5 Å². The lowest BCUT2D eigenvalue weighted by atomic mass is 9.81. The Morgan fingerprint density at radius 1 is 1.19 bits per heavy atom. The molecule has 3 N–H and O–H groups in total. The van der Waals surface area contributed by atoms with E-state index in [-0.39, 0.29) is 36.1 Å². The van der Waals surface area contributed by atoms with Crippen molar-refractivity contribution < 1.29 is 29.1 Å². The minimum Gasteiger partial charge on any atom is -0.550 e. The molecule has 0 aromatic heterocycles. The van der Waals surface area contributed by atoms with Crippen molar-refractivity contribution in [1.82, 2.24) is 4.90 Å². The highest BCUT2D eigenvalue weighted by Crippen LogP contribution is 2.29. The Bertz CT molecular complexity index is 782. The van der Waals surface area contributed by atoms with Gasteiger partial charge in [0, 0.05) is 38.3 Å². The van der Waals surface area contributed by atoms with Crippen molar-refractivity contribution in [2.24, 2.45) is 17.6 Å². The number of amides is 2. The van der Waals surface area contributed by atoms with Gasteiger partial charge < -0.3 is 30.2 Å². The lowest BCUT2D eigenvalue weighted by molar-refractivity contribution is -0.903. The molecule has 1 unspecified atom stereocenters. The van der Waals surface area contributed by atoms with Crippen molar-refractivity contribution in [3.8, 4) is 5.75 Å². The summed E-state index contributed by atoms with van der Waals surface area (Å²) in [7, 11) is 1.60. The van der Waals surface area contributed by atoms with Crippen molar-refractivity contribution in [2.45, 2.75) is 44.6 Å². The standard InChI is InChI=1S/C23H33N3O5/c1-31-19-6-4-16(5-7-19)13-21(27)26-12-8-17(14-22(28)29)18(15-26)9-11-25-10-2-3-20(25)23(24)30/h4-7,17-18,20H,2-3,8-15H2,1H3,(H2,24,30)(H,28,29)/t17-,18-,20-/m0/s1. The van der Waals surface area contributed by atoms with Crippen LogP contribution in [0, 0.1) is 11.8 Å². The first-order chi connectivity index (χ1) is 14.9. The predicted octanol–water partition coefficient (Wildman–Crippen LogP) is -1.23. The number of carbonyl (C=O) groups is 3. The summed E-state index contributed by atoms with van der Waals surface area (Å²) in [6.07, 6.45) is 3.53. The Labute approximate surface area is 183 Å². The number of piperidine rings is 1. The van der Waals surface area contributed by atoms with Crippen molar-refractivity contribution in [3.63, 3.8) is 0 Å². The van der Waals surface area contributed by atoms with Gasteiger partial charge in [0.2, 0.25) is 5.91 Å². The molecule has 2 fully saturated rings. The van der Waals surface area contributed by atoms with Crippen LogP contribution >= 0.6 is 0 Å². The third-order valence-electron chi connectivity index (χ3n) is 6.85. The molecule has 2 heterocycles. The van der Waals surface area contributed by atoms with E-state index in [1.807, 2.05) is 29.2 Å². The van der Waals surface area contributed by atoms with Crippen LogP contribution in [0.1, 0.15) is 37.7 Å². The number of nitrogens with zero attached hydrogens (tertiary/aromatic N) is 1. The maximum Gasteiger partial charge on any atom is 0.275 e. The Morgan fingerprint density at radius 3 is 2.58 bits per heavy atom. The molecule has 4 atom stereocenters. The van der Waals surface area contributed by atoms with Gasteiger partial charge in [-0.2, -0.15) is 0 Å². The summed E-state index contributed by atoms with van der Waals surface area (Å²) in [5.41, 5.74) is 6.46. The number of aliphatic carboxylic acids is 1. The molecular weight excluding hydrogens is 398 g/mol. The Hall–Kier alpha value is -2.61. The normalized spacial score (nSPS) is 25.9. The summed E-state index contributed by atoms with van der Waals surface area (Å²) in [6.45, 7) is 2.78. The van der Waals surface area contributed by atoms with Gasteiger partial charge in [0.1, 0.15) is 5.75 Å². The van der Waals surface area contributed by atoms with E-state index in [0.717, 1.165) is 43.7 Å². The molecule has 2 amide bonds. The Balaban J connectivity index is 1.61. The van der Waals surface area contributed by atoms with Crippen LogP contribution < -0.4 is 20.5 Å². The largest absolute Gasteiger partial charge is 0.550 e. The van der Waals surface area contributed by atoms with Crippen LogP contribution in [-0.4, -0.2) is 62.0 Å². The summed E-state index contributed by atoms with van der Waals surface area (Å²) in [6, 6.07) is 7.29. The number of hydrogen-bond acceptors (Lipinski definition) is 5. The molecule has 2 aliphatic rings. The molecule has 0 spiro atoms. The molecule has 2 saturated heterocycles. The Kier molecular flexibility index (Phi) is 7.90. The number of carbonyl (C=O) groups excluding carboxylic acids is 3. The fraction of sp³-hybridized carbons (Fsp3) is 0.609. The molecule has 8 nitrogen and oxygen atoms in total. The summed E-state index contributed by atoms with van der Waals surface area (Å²) >= 11 is 0. The number of benzene rings is 1. The SMILES string of the molecule is COc1ccc(CC(=O)N2CC[C@@H](CC(=O)[O-])[C@@H](CC[NH+]3CCC[C@H]3C(N)=O)C2)cc1. The number of carboxylic acid groups (broad SMARTS) is 1. The monoisotopic (exact) mass is 431 g/mol. The van der Waals surface area contributed by atoms with Gasteiger partial charge in [0.15, 0.2) is 6.04 Å². The number of hydrogen-bond donors (Lipinski definition) is 2. The quantitative estimate of drug-likeness (QED) is 0.508. The van der Waals surface area contributed by atoms with Crippen LogP contribution in [0.3, 0.4) is 0 Å². The summed E-state index contributed by atoms with van der Waals surface area (Å²) < 4.78 is 5.16. The van der Waals surface area contributed by atoms with Gasteiger partial charge in [0.05, 0.1) is 26.6 Å². The van der Waals surface area contributed by atoms with E-state index in [2.05, 4.69) is 0 Å². The van der Waals surface area contributed by atoms with Gasteiger partial charge in [-0.15, -0.1) is 0 Å². The van der Waals surface area contributed by atoms with Gasteiger partial charge in [-0.25, -0.2) is 0 Å². The zero-order chi connectivity index (χ0) is 22.4. The highest BCUT2D eigenvalue weighted by molar-refractivity contribution is 5.79. The van der Waals surface area contributed by atoms with Gasteiger partial charge in [-0.05, 0) is 42.4 Å². The minimum atomic E-state index is -1.04. The highest BCUT2D eigenvalue weighted by Gasteiger charge is 2.36. The topological polar surface area (TPSA) is 117 Å². The molecule has 1 aromatic carbocycles. The number of likely N-dealkylation sites (tertiary alicyclic amines) is 2. The number of ether oxygens (including phenoxy) is 1. The molecular formula is C23H33N3O5. The molecule has 2 aliphatic heterocycles. The van der Waals surface area contributed by atoms with Crippen molar-refractivity contribution in [2.75, 3.05) is 33.3 Å². The number of rotatable bonds is 9. The van der Waals surface area contributed by atoms with E-state index in [1.165, 1.54) is 4.90 Å². The third-order valence-corrected chi connectivity index (χ3v) is 6.85. The molecule has 0 radical (unpaired) electrons. The number of nitrogens with two attached hydrogens (primary N) is 1. The summed E-state index contributed by atoms with van der Waals surface area (Å²) in [5.74, 6) is -0.448. The first-order valence-corrected chi connectivity index (χ1v) is 11.1. The van der Waals surface area contributed by atoms with Crippen LogP contribution in [0.25, 0.3) is 0 Å². The van der Waals surface area contributed by atoms with Crippen LogP contribution in [0.15, 0.2) is 24.3 Å². The molecule has 0 saturated carbocycles. The molecule has 31 heavy (non-hydrogen) atoms. The molecule has 8 heteroatoms. The highest BCUT2D eigenvalue weighted by atomic mass is 16.5. The molecule has 170 valence electrons. The predicted molar refractivity (Wildman–Crippen MR) is 112 cm³/mol. The van der Waals surface area contributed by atoms with Crippen LogP contribution in [-0.2, 0) is 20.8 Å². The number of quaternary nitrogens is 1. The minimum absolute atomic E-state index is 0.0101. The first kappa shape index (κ1) is 23.1. The van der Waals surface area contributed by atoms with Gasteiger partial charge >= 0.3 is 0 Å². The van der Waals surface area contributed by atoms with E-state index >= 15 is 0 Å². The lowest BCUT2D eigenvalue weighted by Gasteiger charge is -2.39. The molecule has 1 aromatic rings. The average Bonchev–Trinajstić information content (AvgIpc) is 3.22. The fourth-order valence-electron chi connectivity index (χ4n) is 5.07. The third kappa shape index (κ3) is 6.19. The number of nitrogens with one attached hydrogen (secondary N) is 1. The second kappa shape index (κ2) is 10.6. The maximum atomic E-state index is 12.9. The smallest absolute Gasteiger partial charge is 0.275 e. The van der Waals surface area contributed by atoms with Gasteiger partial charge in [-0.3, -0.25) is 9.59 Å². The number of carboxylic acids is 1. The number of primary amides is 1. The van der Waals surface area contributed by atoms with Crippen molar-refractivity contribution in [1.29, 1.82) is 0 Å². The first-order valence-electron chi connectivity index (χ1n) is 11.1. The maximum absolute atomic E-state index is 12.9. The summed E-state index contributed by atoms with van der Waals surface area (Å²) in [4.78, 5) is 38.9. The van der Waals surface area contributed by atoms with Crippen molar-refractivity contribution >= 4 is 17.8 Å². The second-order valence-electron chi connectivity index (χ2n) is 8.79. The second-order valence-corrected chi connectivity index (χ2v) is 8.79. The van der Waals surface area contributed by atoms with Crippen molar-refractivity contribution in [3.05, 3.63) is 29.8 Å². The average molecular weight is 432 g/mol. The van der Waals surface area contributed by atoms with E-state index in [9.17, 15) is 19.5 Å². The number of methoxy groups -OCH3 is 1. The van der Waals surface area contributed by atoms with Crippen LogP contribution in [0.2, 0.25) is 0 Å². The molecule has 0 bridgehead atoms. The Morgan fingerprint density at radius 2 is 1.94 bits per heavy atom. The van der Waals surface area contributed by atoms with E-state index in [1.54, 1.807) is 7.11 Å². The van der Waals surface area contributed by atoms with Crippen LogP contribution in [0.4, 0.5) is 0 Å². The van der Waals surface area contributed by atoms with Gasteiger partial charge in [-0.1, -0.05) is 12.1 Å². The van der Waals surface area contributed by atoms with E-state index < -0.39 is 5.97 Å². The van der Waals surface area contributed by atoms with Gasteiger partial charge in [0.25, 0.3) is 5.91 Å². The lowest BCUT2D eigenvalue weighted by Crippen LogP contribution is -3.15. The zero-order valence-electron chi connectivity index (χ0n) is 18.2.